The van der Waals surface area contributed by atoms with Crippen molar-refractivity contribution in [3.63, 3.8) is 0 Å². The maximum atomic E-state index is 13.2. The lowest BCUT2D eigenvalue weighted by molar-refractivity contribution is -0.113. The summed E-state index contributed by atoms with van der Waals surface area (Å²) in [7, 11) is 0. The van der Waals surface area contributed by atoms with Crippen LogP contribution in [-0.4, -0.2) is 28.1 Å². The summed E-state index contributed by atoms with van der Waals surface area (Å²) in [5.74, 6) is -0.595. The first-order chi connectivity index (χ1) is 13.3. The summed E-state index contributed by atoms with van der Waals surface area (Å²) in [6, 6.07) is 11.9. The number of carbonyl (C=O) groups is 1. The van der Waals surface area contributed by atoms with Gasteiger partial charge in [0.05, 0.1) is 16.5 Å². The zero-order valence-electron chi connectivity index (χ0n) is 15.3. The van der Waals surface area contributed by atoms with Gasteiger partial charge in [-0.25, -0.2) is 9.38 Å². The molecule has 1 heterocycles. The summed E-state index contributed by atoms with van der Waals surface area (Å²) in [6.45, 7) is 4.00. The Morgan fingerprint density at radius 1 is 1.25 bits per heavy atom. The molecule has 28 heavy (non-hydrogen) atoms. The van der Waals surface area contributed by atoms with Crippen LogP contribution in [0.15, 0.2) is 56.9 Å². The van der Waals surface area contributed by atoms with Gasteiger partial charge in [0.1, 0.15) is 16.5 Å². The van der Waals surface area contributed by atoms with Crippen LogP contribution in [0, 0.1) is 5.82 Å². The van der Waals surface area contributed by atoms with E-state index in [1.165, 1.54) is 30.0 Å². The maximum absolute atomic E-state index is 13.2. The highest BCUT2D eigenvalue weighted by atomic mass is 79.9. The molecule has 146 valence electrons. The number of benzene rings is 2. The van der Waals surface area contributed by atoms with Crippen LogP contribution in [0.1, 0.15) is 25.8 Å². The molecule has 8 heteroatoms. The molecule has 1 aliphatic heterocycles. The molecule has 0 spiro atoms. The Morgan fingerprint density at radius 3 is 2.61 bits per heavy atom. The van der Waals surface area contributed by atoms with Crippen LogP contribution in [0.4, 0.5) is 10.1 Å². The van der Waals surface area contributed by atoms with E-state index in [0.717, 1.165) is 27.2 Å². The smallest absolute Gasteiger partial charge is 0.234 e. The van der Waals surface area contributed by atoms with Crippen molar-refractivity contribution in [3.8, 4) is 0 Å². The molecule has 0 saturated heterocycles. The summed E-state index contributed by atoms with van der Waals surface area (Å²) in [5.41, 5.74) is 1.67. The molecule has 4 nitrogen and oxygen atoms in total. The number of anilines is 1. The molecule has 0 aliphatic carbocycles. The Hall–Kier alpha value is -1.70. The van der Waals surface area contributed by atoms with Gasteiger partial charge in [-0.1, -0.05) is 58.3 Å². The fraction of sp³-hybridized carbons (Fsp3) is 0.250. The average Bonchev–Trinajstić information content (AvgIpc) is 3.01. The number of halogens is 3. The van der Waals surface area contributed by atoms with Crippen molar-refractivity contribution in [1.29, 1.82) is 0 Å². The van der Waals surface area contributed by atoms with Crippen LogP contribution < -0.4 is 5.32 Å². The second-order valence-corrected chi connectivity index (χ2v) is 8.71. The van der Waals surface area contributed by atoms with Crippen LogP contribution in [0.2, 0.25) is 5.02 Å². The van der Waals surface area contributed by atoms with Crippen molar-refractivity contribution in [2.75, 3.05) is 11.1 Å². The molecule has 0 radical (unpaired) electrons. The van der Waals surface area contributed by atoms with Crippen molar-refractivity contribution in [3.05, 3.63) is 63.3 Å². The molecule has 2 aromatic carbocycles. The van der Waals surface area contributed by atoms with E-state index in [1.807, 2.05) is 38.1 Å². The number of nitrogens with one attached hydrogen (secondary N) is 1. The van der Waals surface area contributed by atoms with Gasteiger partial charge in [-0.3, -0.25) is 9.79 Å². The Balaban J connectivity index is 1.71. The number of amides is 1. The Kier molecular flexibility index (Phi) is 6.58. The van der Waals surface area contributed by atoms with Gasteiger partial charge in [0.25, 0.3) is 0 Å². The van der Waals surface area contributed by atoms with Gasteiger partial charge in [-0.15, -0.1) is 0 Å². The predicted octanol–water partition coefficient (Wildman–Crippen LogP) is 5.94. The zero-order chi connectivity index (χ0) is 20.3. The minimum absolute atomic E-state index is 0.0333. The van der Waals surface area contributed by atoms with E-state index in [9.17, 15) is 9.18 Å². The fourth-order valence-corrected chi connectivity index (χ4v) is 3.89. The maximum Gasteiger partial charge on any atom is 0.234 e. The molecule has 1 atom stereocenters. The summed E-state index contributed by atoms with van der Waals surface area (Å²) >= 11 is 10.5. The lowest BCUT2D eigenvalue weighted by atomic mass is 10.1. The highest BCUT2D eigenvalue weighted by Gasteiger charge is 2.31. The van der Waals surface area contributed by atoms with Gasteiger partial charge in [0.2, 0.25) is 5.91 Å². The Morgan fingerprint density at radius 2 is 1.96 bits per heavy atom. The fourth-order valence-electron chi connectivity index (χ4n) is 2.54. The van der Waals surface area contributed by atoms with E-state index >= 15 is 0 Å². The summed E-state index contributed by atoms with van der Waals surface area (Å²) in [6.07, 6.45) is 0.761. The highest BCUT2D eigenvalue weighted by molar-refractivity contribution is 9.10. The first-order valence-electron chi connectivity index (χ1n) is 8.63. The van der Waals surface area contributed by atoms with E-state index in [1.54, 1.807) is 0 Å². The first-order valence-corrected chi connectivity index (χ1v) is 10.8. The number of hydrogen-bond acceptors (Lipinski definition) is 4. The van der Waals surface area contributed by atoms with Gasteiger partial charge < -0.3 is 5.32 Å². The summed E-state index contributed by atoms with van der Waals surface area (Å²) in [5, 5.41) is 3.42. The van der Waals surface area contributed by atoms with Crippen molar-refractivity contribution < 1.29 is 9.18 Å². The summed E-state index contributed by atoms with van der Waals surface area (Å²) < 4.78 is 14.2. The number of rotatable bonds is 5. The zero-order valence-corrected chi connectivity index (χ0v) is 18.5. The molecule has 1 unspecified atom stereocenters. The van der Waals surface area contributed by atoms with Crippen LogP contribution >= 0.6 is 39.3 Å². The van der Waals surface area contributed by atoms with Gasteiger partial charge in [0, 0.05) is 15.7 Å². The number of hydrogen-bond donors (Lipinski definition) is 1. The molecule has 1 amide bonds. The standard InChI is InChI=1S/C20H18BrClFN3OS/c1-3-20(2)25-18(12-4-6-13(21)7-5-12)19(26-20)28-11-17(27)24-14-8-9-16(23)15(22)10-14/h4-10H,3,11H2,1-2H3,(H,24,27). The lowest BCUT2D eigenvalue weighted by Crippen LogP contribution is -2.17. The number of carbonyl (C=O) groups excluding carboxylic acids is 1. The Labute approximate surface area is 180 Å². The van der Waals surface area contributed by atoms with E-state index in [2.05, 4.69) is 21.2 Å². The predicted molar refractivity (Wildman–Crippen MR) is 119 cm³/mol. The normalized spacial score (nSPS) is 18.6. The monoisotopic (exact) mass is 481 g/mol. The van der Waals surface area contributed by atoms with Crippen molar-refractivity contribution >= 4 is 61.6 Å². The second kappa shape index (κ2) is 8.76. The third kappa shape index (κ3) is 5.01. The average molecular weight is 483 g/mol. The van der Waals surface area contributed by atoms with Crippen LogP contribution in [0.5, 0.6) is 0 Å². The third-order valence-corrected chi connectivity index (χ3v) is 6.01. The van der Waals surface area contributed by atoms with Crippen molar-refractivity contribution in [2.45, 2.75) is 25.9 Å². The molecule has 0 fully saturated rings. The topological polar surface area (TPSA) is 53.8 Å². The van der Waals surface area contributed by atoms with Crippen LogP contribution in [0.25, 0.3) is 0 Å². The lowest BCUT2D eigenvalue weighted by Gasteiger charge is -2.13. The molecule has 1 aliphatic rings. The van der Waals surface area contributed by atoms with Crippen molar-refractivity contribution in [1.82, 2.24) is 0 Å². The second-order valence-electron chi connectivity index (χ2n) is 6.42. The van der Waals surface area contributed by atoms with Gasteiger partial charge in [-0.2, -0.15) is 0 Å². The largest absolute Gasteiger partial charge is 0.325 e. The molecule has 1 N–H and O–H groups in total. The molecule has 0 bridgehead atoms. The number of aliphatic imine (C=N–C) groups is 2. The third-order valence-electron chi connectivity index (χ3n) is 4.23. The van der Waals surface area contributed by atoms with Crippen LogP contribution in [0.3, 0.4) is 0 Å². The molecular weight excluding hydrogens is 465 g/mol. The minimum atomic E-state index is -0.524. The van der Waals surface area contributed by atoms with E-state index in [0.29, 0.717) is 5.69 Å². The van der Waals surface area contributed by atoms with Gasteiger partial charge in [-0.05, 0) is 43.7 Å². The number of nitrogens with zero attached hydrogens (tertiary/aromatic N) is 2. The first kappa shape index (κ1) is 21.0. The molecule has 0 aromatic heterocycles. The summed E-state index contributed by atoms with van der Waals surface area (Å²) in [4.78, 5) is 21.8. The quantitative estimate of drug-likeness (QED) is 0.573. The van der Waals surface area contributed by atoms with Crippen LogP contribution in [-0.2, 0) is 4.79 Å². The van der Waals surface area contributed by atoms with E-state index in [-0.39, 0.29) is 16.7 Å². The molecule has 0 saturated carbocycles. The number of thioether (sulfide) groups is 1. The molecule has 2 aromatic rings. The SMILES string of the molecule is CCC1(C)N=C(SCC(=O)Nc2ccc(F)c(Cl)c2)C(c2ccc(Br)cc2)=N1. The van der Waals surface area contributed by atoms with Crippen molar-refractivity contribution in [2.24, 2.45) is 9.98 Å². The minimum Gasteiger partial charge on any atom is -0.325 e. The molecular formula is C20H18BrClFN3OS. The Bertz CT molecular complexity index is 964. The van der Waals surface area contributed by atoms with Gasteiger partial charge >= 0.3 is 0 Å². The van der Waals surface area contributed by atoms with E-state index in [4.69, 9.17) is 21.6 Å². The highest BCUT2D eigenvalue weighted by Crippen LogP contribution is 2.30. The molecule has 3 rings (SSSR count). The van der Waals surface area contributed by atoms with Gasteiger partial charge in [0.15, 0.2) is 0 Å². The van der Waals surface area contributed by atoms with E-state index < -0.39 is 11.5 Å².